The summed E-state index contributed by atoms with van der Waals surface area (Å²) in [5, 5.41) is 0. The number of nitrogens with one attached hydrogen (secondary N) is 1. The predicted octanol–water partition coefficient (Wildman–Crippen LogP) is -0.350. The van der Waals surface area contributed by atoms with Crippen LogP contribution < -0.4 is 11.2 Å². The second kappa shape index (κ2) is 6.74. The number of rotatable bonds is 6. The number of carbonyl (C=O) groups is 2. The minimum absolute atomic E-state index is 0.0365. The van der Waals surface area contributed by atoms with Gasteiger partial charge in [-0.1, -0.05) is 5.92 Å². The Hall–Kier alpha value is -2.82. The van der Waals surface area contributed by atoms with Crippen LogP contribution in [0.4, 0.5) is 0 Å². The lowest BCUT2D eigenvalue weighted by Gasteiger charge is -2.18. The van der Waals surface area contributed by atoms with Crippen molar-refractivity contribution in [2.45, 2.75) is 26.8 Å². The zero-order valence-electron chi connectivity index (χ0n) is 13.5. The van der Waals surface area contributed by atoms with E-state index in [1.807, 2.05) is 0 Å². The normalized spacial score (nSPS) is 21.6. The molecule has 1 saturated carbocycles. The smallest absolute Gasteiger partial charge is 0.328 e. The summed E-state index contributed by atoms with van der Waals surface area (Å²) in [6, 6.07) is 0. The SMILES string of the molecule is C#Cc1cn(CC2(COC(C)=O)CC2COC(C)=O)c(=O)[nH]c1=O. The van der Waals surface area contributed by atoms with Crippen LogP contribution >= 0.6 is 0 Å². The number of carbonyl (C=O) groups excluding carboxylic acids is 2. The van der Waals surface area contributed by atoms with Gasteiger partial charge in [-0.3, -0.25) is 23.9 Å². The first-order chi connectivity index (χ1) is 11.3. The maximum absolute atomic E-state index is 12.0. The number of nitrogens with zero attached hydrogens (tertiary/aromatic N) is 1. The summed E-state index contributed by atoms with van der Waals surface area (Å²) in [6.07, 6.45) is 7.16. The number of terminal acetylenes is 1. The summed E-state index contributed by atoms with van der Waals surface area (Å²) in [6.45, 7) is 3.06. The highest BCUT2D eigenvalue weighted by molar-refractivity contribution is 5.66. The van der Waals surface area contributed by atoms with Crippen molar-refractivity contribution in [1.82, 2.24) is 9.55 Å². The fourth-order valence-corrected chi connectivity index (χ4v) is 2.62. The van der Waals surface area contributed by atoms with Gasteiger partial charge in [-0.15, -0.1) is 6.42 Å². The quantitative estimate of drug-likeness (QED) is 0.563. The fraction of sp³-hybridized carbons (Fsp3) is 0.500. The molecule has 128 valence electrons. The van der Waals surface area contributed by atoms with E-state index in [0.29, 0.717) is 6.42 Å². The van der Waals surface area contributed by atoms with E-state index in [0.717, 1.165) is 0 Å². The summed E-state index contributed by atoms with van der Waals surface area (Å²) >= 11 is 0. The molecule has 2 unspecified atom stereocenters. The molecular weight excluding hydrogens is 316 g/mol. The molecule has 0 spiro atoms. The maximum Gasteiger partial charge on any atom is 0.328 e. The Kier molecular flexibility index (Phi) is 4.93. The van der Waals surface area contributed by atoms with E-state index in [1.54, 1.807) is 0 Å². The summed E-state index contributed by atoms with van der Waals surface area (Å²) < 4.78 is 11.4. The Morgan fingerprint density at radius 1 is 1.38 bits per heavy atom. The van der Waals surface area contributed by atoms with Crippen LogP contribution in [0.3, 0.4) is 0 Å². The maximum atomic E-state index is 12.0. The zero-order chi connectivity index (χ0) is 17.9. The van der Waals surface area contributed by atoms with E-state index in [-0.39, 0.29) is 31.2 Å². The number of hydrogen-bond acceptors (Lipinski definition) is 6. The van der Waals surface area contributed by atoms with E-state index >= 15 is 0 Å². The van der Waals surface area contributed by atoms with Crippen molar-refractivity contribution < 1.29 is 19.1 Å². The molecule has 2 rings (SSSR count). The molecule has 1 aliphatic carbocycles. The van der Waals surface area contributed by atoms with Gasteiger partial charge < -0.3 is 9.47 Å². The average Bonchev–Trinajstić information content (AvgIpc) is 3.19. The van der Waals surface area contributed by atoms with Gasteiger partial charge in [0.2, 0.25) is 0 Å². The van der Waals surface area contributed by atoms with Gasteiger partial charge >= 0.3 is 17.6 Å². The van der Waals surface area contributed by atoms with Crippen molar-refractivity contribution >= 4 is 11.9 Å². The van der Waals surface area contributed by atoms with Crippen LogP contribution in [0.2, 0.25) is 0 Å². The van der Waals surface area contributed by atoms with Crippen LogP contribution in [0.25, 0.3) is 0 Å². The highest BCUT2D eigenvalue weighted by Crippen LogP contribution is 2.54. The molecule has 1 aromatic heterocycles. The van der Waals surface area contributed by atoms with Gasteiger partial charge in [0.1, 0.15) is 5.56 Å². The zero-order valence-corrected chi connectivity index (χ0v) is 13.5. The Morgan fingerprint density at radius 3 is 2.62 bits per heavy atom. The summed E-state index contributed by atoms with van der Waals surface area (Å²) in [4.78, 5) is 47.7. The van der Waals surface area contributed by atoms with Crippen molar-refractivity contribution in [3.05, 3.63) is 32.6 Å². The first-order valence-corrected chi connectivity index (χ1v) is 7.34. The Balaban J connectivity index is 2.22. The van der Waals surface area contributed by atoms with Crippen molar-refractivity contribution in [2.24, 2.45) is 11.3 Å². The molecular formula is C16H18N2O6. The molecule has 8 nitrogen and oxygen atoms in total. The first-order valence-electron chi connectivity index (χ1n) is 7.34. The third-order valence-electron chi connectivity index (χ3n) is 4.06. The fourth-order valence-electron chi connectivity index (χ4n) is 2.62. The molecule has 0 saturated heterocycles. The van der Waals surface area contributed by atoms with E-state index in [9.17, 15) is 19.2 Å². The molecule has 0 radical (unpaired) electrons. The molecule has 8 heteroatoms. The van der Waals surface area contributed by atoms with Crippen LogP contribution in [0.15, 0.2) is 15.8 Å². The average molecular weight is 334 g/mol. The van der Waals surface area contributed by atoms with Gasteiger partial charge in [-0.25, -0.2) is 4.79 Å². The highest BCUT2D eigenvalue weighted by Gasteiger charge is 2.56. The monoisotopic (exact) mass is 334 g/mol. The number of H-pyrrole nitrogens is 1. The lowest BCUT2D eigenvalue weighted by Crippen LogP contribution is -2.35. The number of esters is 2. The van der Waals surface area contributed by atoms with Crippen LogP contribution in [-0.4, -0.2) is 34.7 Å². The Bertz CT molecular complexity index is 815. The largest absolute Gasteiger partial charge is 0.466 e. The Labute approximate surface area is 137 Å². The topological polar surface area (TPSA) is 107 Å². The third kappa shape index (κ3) is 3.93. The summed E-state index contributed by atoms with van der Waals surface area (Å²) in [7, 11) is 0. The van der Waals surface area contributed by atoms with Gasteiger partial charge in [0.15, 0.2) is 0 Å². The standard InChI is InChI=1S/C16H18N2O6/c1-4-12-6-18(15(22)17-14(12)21)8-16(9-24-11(3)20)5-13(16)7-23-10(2)19/h1,6,13H,5,7-9H2,2-3H3,(H,17,21,22). The highest BCUT2D eigenvalue weighted by atomic mass is 16.5. The lowest BCUT2D eigenvalue weighted by atomic mass is 10.1. The number of aromatic amines is 1. The summed E-state index contributed by atoms with van der Waals surface area (Å²) in [5.74, 6) is 1.32. The number of ether oxygens (including phenoxy) is 2. The minimum Gasteiger partial charge on any atom is -0.466 e. The van der Waals surface area contributed by atoms with Crippen LogP contribution in [0, 0.1) is 23.7 Å². The second-order valence-corrected chi connectivity index (χ2v) is 5.92. The molecule has 0 aromatic carbocycles. The minimum atomic E-state index is -0.625. The van der Waals surface area contributed by atoms with Gasteiger partial charge in [-0.05, 0) is 6.42 Å². The van der Waals surface area contributed by atoms with Gasteiger partial charge in [0, 0.05) is 37.9 Å². The molecule has 1 aromatic rings. The second-order valence-electron chi connectivity index (χ2n) is 5.92. The molecule has 0 bridgehead atoms. The van der Waals surface area contributed by atoms with E-state index in [2.05, 4.69) is 10.9 Å². The molecule has 1 heterocycles. The lowest BCUT2D eigenvalue weighted by molar-refractivity contribution is -0.145. The van der Waals surface area contributed by atoms with Gasteiger partial charge in [0.05, 0.1) is 13.2 Å². The first kappa shape index (κ1) is 17.5. The number of aromatic nitrogens is 2. The van der Waals surface area contributed by atoms with Gasteiger partial charge in [-0.2, -0.15) is 0 Å². The molecule has 24 heavy (non-hydrogen) atoms. The molecule has 0 aliphatic heterocycles. The van der Waals surface area contributed by atoms with Crippen molar-refractivity contribution in [3.8, 4) is 12.3 Å². The van der Waals surface area contributed by atoms with E-state index in [1.165, 1.54) is 24.6 Å². The van der Waals surface area contributed by atoms with Crippen LogP contribution in [0.5, 0.6) is 0 Å². The molecule has 1 aliphatic rings. The molecule has 1 N–H and O–H groups in total. The van der Waals surface area contributed by atoms with Crippen molar-refractivity contribution in [2.75, 3.05) is 13.2 Å². The third-order valence-corrected chi connectivity index (χ3v) is 4.06. The van der Waals surface area contributed by atoms with E-state index in [4.69, 9.17) is 15.9 Å². The molecule has 2 atom stereocenters. The predicted molar refractivity (Wildman–Crippen MR) is 83.1 cm³/mol. The van der Waals surface area contributed by atoms with Crippen molar-refractivity contribution in [1.29, 1.82) is 0 Å². The molecule has 0 amide bonds. The van der Waals surface area contributed by atoms with Gasteiger partial charge in [0.25, 0.3) is 5.56 Å². The summed E-state index contributed by atoms with van der Waals surface area (Å²) in [5.41, 5.74) is -1.72. The number of hydrogen-bond donors (Lipinski definition) is 1. The van der Waals surface area contributed by atoms with Crippen LogP contribution in [-0.2, 0) is 25.6 Å². The van der Waals surface area contributed by atoms with Crippen molar-refractivity contribution in [3.63, 3.8) is 0 Å². The Morgan fingerprint density at radius 2 is 2.04 bits per heavy atom. The van der Waals surface area contributed by atoms with Crippen LogP contribution in [0.1, 0.15) is 25.8 Å². The molecule has 1 fully saturated rings. The van der Waals surface area contributed by atoms with E-state index < -0.39 is 28.6 Å².